The van der Waals surface area contributed by atoms with Gasteiger partial charge in [-0.05, 0) is 44.4 Å². The number of H-pyrrole nitrogens is 2. The van der Waals surface area contributed by atoms with Crippen LogP contribution in [0.3, 0.4) is 0 Å². The lowest BCUT2D eigenvalue weighted by Crippen LogP contribution is -2.29. The molecule has 0 radical (unpaired) electrons. The Morgan fingerprint density at radius 1 is 1.04 bits per heavy atom. The highest BCUT2D eigenvalue weighted by atomic mass is 16.1. The van der Waals surface area contributed by atoms with E-state index in [2.05, 4.69) is 46.4 Å². The normalized spacial score (nSPS) is 19.0. The monoisotopic (exact) mass is 352 g/mol. The van der Waals surface area contributed by atoms with E-state index in [0.717, 1.165) is 48.5 Å². The molecule has 0 saturated carbocycles. The second kappa shape index (κ2) is 6.52. The van der Waals surface area contributed by atoms with Crippen molar-refractivity contribution >= 4 is 17.3 Å². The number of nitrogens with zero attached hydrogens (tertiary/aromatic N) is 1. The number of nitrogens with one attached hydrogen (secondary N) is 3. The number of carbonyl (C=O) groups excluding carboxylic acids is 1. The van der Waals surface area contributed by atoms with Crippen LogP contribution in [0.15, 0.2) is 40.3 Å². The average molecular weight is 352 g/mol. The number of anilines is 2. The molecule has 0 unspecified atom stereocenters. The molecule has 2 aliphatic rings. The summed E-state index contributed by atoms with van der Waals surface area (Å²) in [7, 11) is 0. The van der Waals surface area contributed by atoms with Crippen molar-refractivity contribution in [2.24, 2.45) is 0 Å². The number of hydrogen-bond acceptors (Lipinski definition) is 4. The predicted octanol–water partition coefficient (Wildman–Crippen LogP) is 3.11. The molecule has 2 aromatic rings. The van der Waals surface area contributed by atoms with Crippen molar-refractivity contribution in [3.05, 3.63) is 57.0 Å². The van der Waals surface area contributed by atoms with Gasteiger partial charge in [-0.3, -0.25) is 19.8 Å². The molecule has 1 aromatic carbocycles. The Balaban J connectivity index is 1.82. The second-order valence-electron chi connectivity index (χ2n) is 6.86. The number of benzene rings is 1. The predicted molar refractivity (Wildman–Crippen MR) is 103 cm³/mol. The fourth-order valence-electron chi connectivity index (χ4n) is 4.16. The Bertz CT molecular complexity index is 916. The maximum absolute atomic E-state index is 12.7. The first-order chi connectivity index (χ1) is 12.6. The number of Topliss-reactive ketones (excluding diaryl/α,β-unsaturated/α-hetero) is 1. The van der Waals surface area contributed by atoms with Crippen molar-refractivity contribution in [1.82, 2.24) is 10.2 Å². The van der Waals surface area contributed by atoms with Gasteiger partial charge in [-0.25, -0.2) is 0 Å². The number of ketones is 1. The van der Waals surface area contributed by atoms with Crippen molar-refractivity contribution in [2.45, 2.75) is 39.0 Å². The lowest BCUT2D eigenvalue weighted by molar-refractivity contribution is -0.116. The zero-order chi connectivity index (χ0) is 18.3. The second-order valence-corrected chi connectivity index (χ2v) is 6.86. The molecule has 4 rings (SSSR count). The van der Waals surface area contributed by atoms with Crippen molar-refractivity contribution in [3.8, 4) is 0 Å². The summed E-state index contributed by atoms with van der Waals surface area (Å²) in [4.78, 5) is 27.4. The molecule has 136 valence electrons. The van der Waals surface area contributed by atoms with Crippen molar-refractivity contribution < 1.29 is 4.79 Å². The third kappa shape index (κ3) is 2.57. The highest BCUT2D eigenvalue weighted by Gasteiger charge is 2.37. The van der Waals surface area contributed by atoms with Crippen LogP contribution in [0, 0.1) is 0 Å². The Morgan fingerprint density at radius 3 is 2.46 bits per heavy atom. The van der Waals surface area contributed by atoms with Gasteiger partial charge in [-0.15, -0.1) is 0 Å². The van der Waals surface area contributed by atoms with E-state index < -0.39 is 0 Å². The summed E-state index contributed by atoms with van der Waals surface area (Å²) in [6.45, 7) is 6.15. The number of carbonyl (C=O) groups is 1. The Kier molecular flexibility index (Phi) is 4.18. The van der Waals surface area contributed by atoms with Gasteiger partial charge in [0.1, 0.15) is 5.82 Å². The number of fused-ring (bicyclic) bond motifs is 1. The van der Waals surface area contributed by atoms with Gasteiger partial charge in [0.15, 0.2) is 5.78 Å². The summed E-state index contributed by atoms with van der Waals surface area (Å²) in [5.74, 6) is 0.513. The highest BCUT2D eigenvalue weighted by Crippen LogP contribution is 2.43. The van der Waals surface area contributed by atoms with Crippen molar-refractivity contribution in [3.63, 3.8) is 0 Å². The minimum absolute atomic E-state index is 0.141. The summed E-state index contributed by atoms with van der Waals surface area (Å²) >= 11 is 0. The number of aromatic nitrogens is 2. The maximum atomic E-state index is 12.7. The fourth-order valence-corrected chi connectivity index (χ4v) is 4.16. The van der Waals surface area contributed by atoms with Crippen LogP contribution in [-0.2, 0) is 4.79 Å². The Morgan fingerprint density at radius 2 is 1.77 bits per heavy atom. The van der Waals surface area contributed by atoms with Crippen LogP contribution in [0.5, 0.6) is 0 Å². The smallest absolute Gasteiger partial charge is 0.270 e. The molecule has 1 aromatic heterocycles. The van der Waals surface area contributed by atoms with Crippen LogP contribution in [0.1, 0.15) is 50.2 Å². The van der Waals surface area contributed by atoms with Gasteiger partial charge in [0.05, 0.1) is 5.56 Å². The SMILES string of the molecule is CCN(CC)c1ccc([C@H]2C3=C(CCCC3=O)Nc3[nH][nH]c(=O)c32)cc1. The quantitative estimate of drug-likeness (QED) is 0.790. The van der Waals surface area contributed by atoms with Gasteiger partial charge < -0.3 is 10.2 Å². The summed E-state index contributed by atoms with van der Waals surface area (Å²) < 4.78 is 0. The molecule has 0 amide bonds. The molecule has 26 heavy (non-hydrogen) atoms. The molecule has 0 saturated heterocycles. The summed E-state index contributed by atoms with van der Waals surface area (Å²) in [6, 6.07) is 8.26. The van der Waals surface area contributed by atoms with E-state index in [4.69, 9.17) is 0 Å². The number of rotatable bonds is 4. The molecule has 6 heteroatoms. The minimum atomic E-state index is -0.310. The van der Waals surface area contributed by atoms with Gasteiger partial charge in [0.2, 0.25) is 0 Å². The molecule has 1 aliphatic heterocycles. The Labute approximate surface area is 152 Å². The van der Waals surface area contributed by atoms with E-state index in [9.17, 15) is 9.59 Å². The van der Waals surface area contributed by atoms with Crippen LogP contribution in [0.4, 0.5) is 11.5 Å². The lowest BCUT2D eigenvalue weighted by Gasteiger charge is -2.31. The molecule has 6 nitrogen and oxygen atoms in total. The van der Waals surface area contributed by atoms with Gasteiger partial charge in [-0.2, -0.15) is 0 Å². The summed E-state index contributed by atoms with van der Waals surface area (Å²) in [6.07, 6.45) is 2.23. The maximum Gasteiger partial charge on any atom is 0.270 e. The van der Waals surface area contributed by atoms with Crippen LogP contribution in [-0.4, -0.2) is 29.1 Å². The molecular formula is C20H24N4O2. The zero-order valence-electron chi connectivity index (χ0n) is 15.2. The molecule has 1 aliphatic carbocycles. The molecule has 0 bridgehead atoms. The molecule has 0 fully saturated rings. The van der Waals surface area contributed by atoms with Gasteiger partial charge in [-0.1, -0.05) is 12.1 Å². The zero-order valence-corrected chi connectivity index (χ0v) is 15.2. The van der Waals surface area contributed by atoms with Crippen molar-refractivity contribution in [1.29, 1.82) is 0 Å². The fraction of sp³-hybridized carbons (Fsp3) is 0.400. The third-order valence-corrected chi connectivity index (χ3v) is 5.48. The summed E-state index contributed by atoms with van der Waals surface area (Å²) in [5.41, 5.74) is 4.27. The highest BCUT2D eigenvalue weighted by molar-refractivity contribution is 6.00. The average Bonchev–Trinajstić information content (AvgIpc) is 3.03. The van der Waals surface area contributed by atoms with E-state index in [1.54, 1.807) is 0 Å². The molecule has 3 N–H and O–H groups in total. The van der Waals surface area contributed by atoms with E-state index >= 15 is 0 Å². The molecular weight excluding hydrogens is 328 g/mol. The third-order valence-electron chi connectivity index (χ3n) is 5.48. The van der Waals surface area contributed by atoms with Gasteiger partial charge in [0, 0.05) is 42.4 Å². The van der Waals surface area contributed by atoms with Gasteiger partial charge >= 0.3 is 0 Å². The summed E-state index contributed by atoms with van der Waals surface area (Å²) in [5, 5.41) is 8.84. The molecule has 0 spiro atoms. The van der Waals surface area contributed by atoms with E-state index in [0.29, 0.717) is 17.8 Å². The first-order valence-electron chi connectivity index (χ1n) is 9.32. The van der Waals surface area contributed by atoms with Crippen LogP contribution < -0.4 is 15.8 Å². The minimum Gasteiger partial charge on any atom is -0.372 e. The van der Waals surface area contributed by atoms with E-state index in [-0.39, 0.29) is 17.3 Å². The van der Waals surface area contributed by atoms with Crippen LogP contribution >= 0.6 is 0 Å². The van der Waals surface area contributed by atoms with Crippen LogP contribution in [0.25, 0.3) is 0 Å². The standard InChI is InChI=1S/C20H24N4O2/c1-3-24(4-2)13-10-8-12(9-11-13)16-17-14(6-5-7-15(17)25)21-19-18(16)20(26)23-22-19/h8-11,16H,3-7H2,1-2H3,(H3,21,22,23,26)/t16-/m0/s1. The topological polar surface area (TPSA) is 81.0 Å². The van der Waals surface area contributed by atoms with E-state index in [1.165, 1.54) is 0 Å². The van der Waals surface area contributed by atoms with Gasteiger partial charge in [0.25, 0.3) is 5.56 Å². The van der Waals surface area contributed by atoms with Crippen molar-refractivity contribution in [2.75, 3.05) is 23.3 Å². The first kappa shape index (κ1) is 16.7. The number of allylic oxidation sites excluding steroid dienone is 2. The first-order valence-corrected chi connectivity index (χ1v) is 9.32. The largest absolute Gasteiger partial charge is 0.372 e. The number of hydrogen-bond donors (Lipinski definition) is 3. The molecule has 2 heterocycles. The van der Waals surface area contributed by atoms with Crippen LogP contribution in [0.2, 0.25) is 0 Å². The van der Waals surface area contributed by atoms with E-state index in [1.807, 2.05) is 12.1 Å². The number of aromatic amines is 2. The lowest BCUT2D eigenvalue weighted by atomic mass is 9.77. The Hall–Kier alpha value is -2.76. The molecule has 1 atom stereocenters.